The van der Waals surface area contributed by atoms with Gasteiger partial charge in [0.05, 0.1) is 13.7 Å². The fraction of sp³-hybridized carbons (Fsp3) is 0.231. The number of aliphatic hydroxyl groups is 1. The normalized spacial score (nSPS) is 10.4. The number of hydrogen-bond donors (Lipinski definition) is 1. The van der Waals surface area contributed by atoms with Crippen LogP contribution in [0.3, 0.4) is 0 Å². The molecule has 0 unspecified atom stereocenters. The van der Waals surface area contributed by atoms with Gasteiger partial charge in [-0.1, -0.05) is 12.1 Å². The minimum atomic E-state index is 0.128. The SMILES string of the molecule is COc1cccc(Cc2csc(CO)c2)c1. The number of rotatable bonds is 4. The topological polar surface area (TPSA) is 29.5 Å². The van der Waals surface area contributed by atoms with E-state index >= 15 is 0 Å². The Labute approximate surface area is 99.1 Å². The van der Waals surface area contributed by atoms with Gasteiger partial charge in [-0.25, -0.2) is 0 Å². The summed E-state index contributed by atoms with van der Waals surface area (Å²) in [6.45, 7) is 0.128. The predicted molar refractivity (Wildman–Crippen MR) is 66.0 cm³/mol. The molecule has 0 aliphatic heterocycles. The third kappa shape index (κ3) is 2.62. The van der Waals surface area contributed by atoms with Crippen molar-refractivity contribution < 1.29 is 9.84 Å². The van der Waals surface area contributed by atoms with Crippen LogP contribution in [-0.4, -0.2) is 12.2 Å². The highest BCUT2D eigenvalue weighted by Gasteiger charge is 2.01. The third-order valence-corrected chi connectivity index (χ3v) is 3.38. The van der Waals surface area contributed by atoms with Gasteiger partial charge in [0.2, 0.25) is 0 Å². The summed E-state index contributed by atoms with van der Waals surface area (Å²) in [6.07, 6.45) is 0.883. The molecule has 2 aromatic rings. The van der Waals surface area contributed by atoms with Crippen LogP contribution < -0.4 is 4.74 Å². The van der Waals surface area contributed by atoms with Gasteiger partial charge in [0.1, 0.15) is 5.75 Å². The molecule has 0 amide bonds. The summed E-state index contributed by atoms with van der Waals surface area (Å²) in [4.78, 5) is 1.01. The van der Waals surface area contributed by atoms with E-state index in [-0.39, 0.29) is 6.61 Å². The summed E-state index contributed by atoms with van der Waals surface area (Å²) >= 11 is 1.60. The molecule has 0 radical (unpaired) electrons. The number of thiophene rings is 1. The van der Waals surface area contributed by atoms with Gasteiger partial charge in [-0.2, -0.15) is 0 Å². The first-order valence-corrected chi connectivity index (χ1v) is 6.00. The zero-order valence-corrected chi connectivity index (χ0v) is 9.96. The first-order chi connectivity index (χ1) is 7.81. The minimum absolute atomic E-state index is 0.128. The Balaban J connectivity index is 2.13. The Morgan fingerprint density at radius 2 is 2.12 bits per heavy atom. The Kier molecular flexibility index (Phi) is 3.59. The van der Waals surface area contributed by atoms with E-state index in [9.17, 15) is 0 Å². The molecule has 0 fully saturated rings. The van der Waals surface area contributed by atoms with Crippen LogP contribution in [0.5, 0.6) is 5.75 Å². The molecule has 16 heavy (non-hydrogen) atoms. The molecule has 3 heteroatoms. The van der Waals surface area contributed by atoms with E-state index in [1.807, 2.05) is 24.3 Å². The van der Waals surface area contributed by atoms with Crippen LogP contribution in [0.25, 0.3) is 0 Å². The van der Waals surface area contributed by atoms with E-state index in [2.05, 4.69) is 11.4 Å². The maximum atomic E-state index is 8.99. The molecule has 84 valence electrons. The van der Waals surface area contributed by atoms with Gasteiger partial charge in [-0.05, 0) is 41.1 Å². The van der Waals surface area contributed by atoms with Crippen molar-refractivity contribution in [1.29, 1.82) is 0 Å². The lowest BCUT2D eigenvalue weighted by Gasteiger charge is -2.02. The van der Waals surface area contributed by atoms with E-state index in [0.717, 1.165) is 17.0 Å². The fourth-order valence-electron chi connectivity index (χ4n) is 1.62. The second kappa shape index (κ2) is 5.14. The molecule has 1 N–H and O–H groups in total. The van der Waals surface area contributed by atoms with Crippen molar-refractivity contribution in [3.63, 3.8) is 0 Å². The average Bonchev–Trinajstić information content (AvgIpc) is 2.77. The Morgan fingerprint density at radius 3 is 2.81 bits per heavy atom. The lowest BCUT2D eigenvalue weighted by Crippen LogP contribution is -1.88. The quantitative estimate of drug-likeness (QED) is 0.881. The Bertz CT molecular complexity index is 462. The minimum Gasteiger partial charge on any atom is -0.497 e. The molecular weight excluding hydrogens is 220 g/mol. The van der Waals surface area contributed by atoms with Crippen molar-refractivity contribution in [2.24, 2.45) is 0 Å². The van der Waals surface area contributed by atoms with E-state index in [0.29, 0.717) is 0 Å². The molecule has 0 saturated heterocycles. The zero-order valence-electron chi connectivity index (χ0n) is 9.14. The molecule has 1 heterocycles. The zero-order chi connectivity index (χ0) is 11.4. The molecule has 0 aliphatic rings. The number of hydrogen-bond acceptors (Lipinski definition) is 3. The summed E-state index contributed by atoms with van der Waals surface area (Å²) < 4.78 is 5.18. The summed E-state index contributed by atoms with van der Waals surface area (Å²) in [7, 11) is 1.67. The molecule has 0 bridgehead atoms. The molecule has 0 aliphatic carbocycles. The summed E-state index contributed by atoms with van der Waals surface area (Å²) in [5.41, 5.74) is 2.46. The van der Waals surface area contributed by atoms with E-state index in [1.165, 1.54) is 11.1 Å². The number of methoxy groups -OCH3 is 1. The van der Waals surface area contributed by atoms with Crippen LogP contribution in [0.1, 0.15) is 16.0 Å². The predicted octanol–water partition coefficient (Wildman–Crippen LogP) is 2.84. The van der Waals surface area contributed by atoms with Gasteiger partial charge < -0.3 is 9.84 Å². The van der Waals surface area contributed by atoms with Crippen molar-refractivity contribution in [2.45, 2.75) is 13.0 Å². The van der Waals surface area contributed by atoms with E-state index in [1.54, 1.807) is 18.4 Å². The molecule has 0 atom stereocenters. The van der Waals surface area contributed by atoms with Gasteiger partial charge in [0.15, 0.2) is 0 Å². The lowest BCUT2D eigenvalue weighted by atomic mass is 10.1. The first kappa shape index (κ1) is 11.2. The van der Waals surface area contributed by atoms with Crippen LogP contribution >= 0.6 is 11.3 Å². The number of benzene rings is 1. The van der Waals surface area contributed by atoms with Gasteiger partial charge in [-0.3, -0.25) is 0 Å². The van der Waals surface area contributed by atoms with Crippen molar-refractivity contribution in [3.05, 3.63) is 51.7 Å². The van der Waals surface area contributed by atoms with Crippen molar-refractivity contribution in [2.75, 3.05) is 7.11 Å². The highest BCUT2D eigenvalue weighted by Crippen LogP contribution is 2.20. The van der Waals surface area contributed by atoms with E-state index in [4.69, 9.17) is 9.84 Å². The van der Waals surface area contributed by atoms with Gasteiger partial charge >= 0.3 is 0 Å². The average molecular weight is 234 g/mol. The summed E-state index contributed by atoms with van der Waals surface area (Å²) in [5.74, 6) is 0.884. The lowest BCUT2D eigenvalue weighted by molar-refractivity contribution is 0.285. The maximum absolute atomic E-state index is 8.99. The largest absolute Gasteiger partial charge is 0.497 e. The van der Waals surface area contributed by atoms with Crippen molar-refractivity contribution >= 4 is 11.3 Å². The van der Waals surface area contributed by atoms with Crippen LogP contribution in [0.4, 0.5) is 0 Å². The monoisotopic (exact) mass is 234 g/mol. The molecule has 0 saturated carbocycles. The smallest absolute Gasteiger partial charge is 0.119 e. The molecule has 0 spiro atoms. The molecule has 2 nitrogen and oxygen atoms in total. The number of ether oxygens (including phenoxy) is 1. The molecule has 1 aromatic carbocycles. The van der Waals surface area contributed by atoms with Crippen LogP contribution in [0.2, 0.25) is 0 Å². The summed E-state index contributed by atoms with van der Waals surface area (Å²) in [5, 5.41) is 11.1. The standard InChI is InChI=1S/C13H14O2S/c1-15-12-4-2-3-10(6-12)5-11-7-13(8-14)16-9-11/h2-4,6-7,9,14H,5,8H2,1H3. The van der Waals surface area contributed by atoms with Crippen LogP contribution in [0, 0.1) is 0 Å². The fourth-order valence-corrected chi connectivity index (χ4v) is 2.37. The van der Waals surface area contributed by atoms with Gasteiger partial charge in [-0.15, -0.1) is 11.3 Å². The maximum Gasteiger partial charge on any atom is 0.119 e. The first-order valence-electron chi connectivity index (χ1n) is 5.12. The van der Waals surface area contributed by atoms with Crippen molar-refractivity contribution in [1.82, 2.24) is 0 Å². The third-order valence-electron chi connectivity index (χ3n) is 2.41. The molecular formula is C13H14O2S. The molecule has 1 aromatic heterocycles. The second-order valence-electron chi connectivity index (χ2n) is 3.61. The highest BCUT2D eigenvalue weighted by atomic mass is 32.1. The molecule has 2 rings (SSSR count). The van der Waals surface area contributed by atoms with Crippen LogP contribution in [0.15, 0.2) is 35.7 Å². The van der Waals surface area contributed by atoms with E-state index < -0.39 is 0 Å². The Morgan fingerprint density at radius 1 is 1.25 bits per heavy atom. The summed E-state index contributed by atoms with van der Waals surface area (Å²) in [6, 6.07) is 10.1. The van der Waals surface area contributed by atoms with Crippen LogP contribution in [-0.2, 0) is 13.0 Å². The van der Waals surface area contributed by atoms with Crippen molar-refractivity contribution in [3.8, 4) is 5.75 Å². The second-order valence-corrected chi connectivity index (χ2v) is 4.60. The number of aliphatic hydroxyl groups excluding tert-OH is 1. The van der Waals surface area contributed by atoms with Gasteiger partial charge in [0.25, 0.3) is 0 Å². The van der Waals surface area contributed by atoms with Gasteiger partial charge in [0, 0.05) is 4.88 Å². The highest BCUT2D eigenvalue weighted by molar-refractivity contribution is 7.10. The Hall–Kier alpha value is -1.32.